The van der Waals surface area contributed by atoms with Gasteiger partial charge < -0.3 is 10.6 Å². The molecule has 28 heavy (non-hydrogen) atoms. The zero-order valence-corrected chi connectivity index (χ0v) is 16.5. The molecule has 5 heteroatoms. The number of nitrogens with one attached hydrogen (secondary N) is 2. The molecule has 1 aromatic carbocycles. The van der Waals surface area contributed by atoms with Crippen LogP contribution in [0.5, 0.6) is 0 Å². The highest BCUT2D eigenvalue weighted by molar-refractivity contribution is 6.04. The van der Waals surface area contributed by atoms with Gasteiger partial charge in [0.15, 0.2) is 0 Å². The molecule has 0 fully saturated rings. The number of hydrogen-bond donors (Lipinski definition) is 2. The van der Waals surface area contributed by atoms with Crippen molar-refractivity contribution in [3.8, 4) is 0 Å². The molecule has 2 N–H and O–H groups in total. The number of hydrogen-bond acceptors (Lipinski definition) is 3. The molecule has 0 aliphatic heterocycles. The highest BCUT2D eigenvalue weighted by Gasteiger charge is 2.13. The molecule has 0 saturated carbocycles. The van der Waals surface area contributed by atoms with Gasteiger partial charge >= 0.3 is 0 Å². The number of carbonyl (C=O) groups excluding carboxylic acids is 2. The van der Waals surface area contributed by atoms with Gasteiger partial charge in [0.2, 0.25) is 0 Å². The molecule has 0 atom stereocenters. The fourth-order valence-corrected chi connectivity index (χ4v) is 3.39. The van der Waals surface area contributed by atoms with Crippen molar-refractivity contribution in [1.82, 2.24) is 10.3 Å². The number of amides is 2. The van der Waals surface area contributed by atoms with Crippen LogP contribution in [0.3, 0.4) is 0 Å². The van der Waals surface area contributed by atoms with Crippen molar-refractivity contribution >= 4 is 17.5 Å². The van der Waals surface area contributed by atoms with Crippen molar-refractivity contribution in [3.05, 3.63) is 70.6 Å². The van der Waals surface area contributed by atoms with E-state index in [0.29, 0.717) is 6.54 Å². The van der Waals surface area contributed by atoms with Crippen LogP contribution in [0, 0.1) is 13.8 Å². The maximum atomic E-state index is 12.5. The topological polar surface area (TPSA) is 71.1 Å². The molecule has 1 heterocycles. The van der Waals surface area contributed by atoms with E-state index in [1.54, 1.807) is 18.2 Å². The summed E-state index contributed by atoms with van der Waals surface area (Å²) in [7, 11) is 0. The number of allylic oxidation sites excluding steroid dienone is 1. The van der Waals surface area contributed by atoms with Crippen molar-refractivity contribution in [2.75, 3.05) is 11.9 Å². The molecule has 5 nitrogen and oxygen atoms in total. The number of anilines is 1. The van der Waals surface area contributed by atoms with Gasteiger partial charge in [-0.25, -0.2) is 4.98 Å². The van der Waals surface area contributed by atoms with Gasteiger partial charge in [-0.1, -0.05) is 35.4 Å². The molecular formula is C23H27N3O2. The van der Waals surface area contributed by atoms with Crippen LogP contribution in [0.4, 0.5) is 5.69 Å². The largest absolute Gasteiger partial charge is 0.350 e. The van der Waals surface area contributed by atoms with Crippen LogP contribution >= 0.6 is 0 Å². The van der Waals surface area contributed by atoms with Gasteiger partial charge in [-0.05, 0) is 69.7 Å². The third kappa shape index (κ3) is 5.28. The fraction of sp³-hybridized carbons (Fsp3) is 0.348. The van der Waals surface area contributed by atoms with Gasteiger partial charge in [0, 0.05) is 12.2 Å². The summed E-state index contributed by atoms with van der Waals surface area (Å²) in [6, 6.07) is 10.8. The van der Waals surface area contributed by atoms with Crippen molar-refractivity contribution in [2.24, 2.45) is 0 Å². The lowest BCUT2D eigenvalue weighted by Gasteiger charge is -2.13. The molecule has 1 aromatic heterocycles. The van der Waals surface area contributed by atoms with E-state index in [0.717, 1.165) is 36.1 Å². The molecule has 0 bridgehead atoms. The predicted octanol–water partition coefficient (Wildman–Crippen LogP) is 4.57. The minimum atomic E-state index is -0.325. The Morgan fingerprint density at radius 3 is 2.54 bits per heavy atom. The lowest BCUT2D eigenvalue weighted by molar-refractivity contribution is 0.0949. The number of benzene rings is 1. The molecule has 0 saturated heterocycles. The number of aromatic nitrogens is 1. The third-order valence-electron chi connectivity index (χ3n) is 4.96. The van der Waals surface area contributed by atoms with Gasteiger partial charge in [-0.2, -0.15) is 0 Å². The standard InChI is InChI=1S/C23H27N3O2/c1-16-11-12-19(17(2)15-16)26-23(28)21-10-6-9-20(25-21)22(27)24-14-13-18-7-4-3-5-8-18/h6-7,9-12,15H,3-5,8,13-14H2,1-2H3,(H,24,27)(H,26,28). The SMILES string of the molecule is Cc1ccc(NC(=O)c2cccc(C(=O)NCCC3=CCCCC3)n2)c(C)c1. The zero-order valence-electron chi connectivity index (χ0n) is 16.5. The molecule has 2 amide bonds. The Kier molecular flexibility index (Phi) is 6.58. The quantitative estimate of drug-likeness (QED) is 0.724. The van der Waals surface area contributed by atoms with Crippen molar-refractivity contribution in [1.29, 1.82) is 0 Å². The number of pyridine rings is 1. The number of aryl methyl sites for hydroxylation is 2. The summed E-state index contributed by atoms with van der Waals surface area (Å²) in [6.45, 7) is 4.54. The van der Waals surface area contributed by atoms with Gasteiger partial charge in [0.25, 0.3) is 11.8 Å². The van der Waals surface area contributed by atoms with E-state index < -0.39 is 0 Å². The molecule has 146 valence electrons. The van der Waals surface area contributed by atoms with Gasteiger partial charge in [-0.3, -0.25) is 9.59 Å². The molecular weight excluding hydrogens is 350 g/mol. The highest BCUT2D eigenvalue weighted by atomic mass is 16.2. The highest BCUT2D eigenvalue weighted by Crippen LogP contribution is 2.19. The second-order valence-corrected chi connectivity index (χ2v) is 7.29. The lowest BCUT2D eigenvalue weighted by Crippen LogP contribution is -2.26. The molecule has 0 spiro atoms. The summed E-state index contributed by atoms with van der Waals surface area (Å²) in [5.41, 5.74) is 4.76. The van der Waals surface area contributed by atoms with Crippen LogP contribution in [0.2, 0.25) is 0 Å². The summed E-state index contributed by atoms with van der Waals surface area (Å²) >= 11 is 0. The number of rotatable bonds is 6. The number of nitrogens with zero attached hydrogens (tertiary/aromatic N) is 1. The van der Waals surface area contributed by atoms with Crippen LogP contribution in [-0.2, 0) is 0 Å². The second kappa shape index (κ2) is 9.31. The van der Waals surface area contributed by atoms with Gasteiger partial charge in [-0.15, -0.1) is 0 Å². The van der Waals surface area contributed by atoms with E-state index in [4.69, 9.17) is 0 Å². The van der Waals surface area contributed by atoms with E-state index >= 15 is 0 Å². The molecule has 2 aromatic rings. The Morgan fingerprint density at radius 1 is 1.04 bits per heavy atom. The minimum absolute atomic E-state index is 0.225. The van der Waals surface area contributed by atoms with Crippen LogP contribution in [0.1, 0.15) is 64.2 Å². The van der Waals surface area contributed by atoms with Crippen LogP contribution < -0.4 is 10.6 Å². The van der Waals surface area contributed by atoms with Gasteiger partial charge in [0.1, 0.15) is 11.4 Å². The van der Waals surface area contributed by atoms with Crippen LogP contribution in [0.25, 0.3) is 0 Å². The fourth-order valence-electron chi connectivity index (χ4n) is 3.39. The van der Waals surface area contributed by atoms with E-state index in [-0.39, 0.29) is 23.2 Å². The average Bonchev–Trinajstić information content (AvgIpc) is 2.71. The van der Waals surface area contributed by atoms with Crippen molar-refractivity contribution in [2.45, 2.75) is 46.0 Å². The summed E-state index contributed by atoms with van der Waals surface area (Å²) < 4.78 is 0. The smallest absolute Gasteiger partial charge is 0.274 e. The second-order valence-electron chi connectivity index (χ2n) is 7.29. The van der Waals surface area contributed by atoms with Gasteiger partial charge in [0.05, 0.1) is 0 Å². The van der Waals surface area contributed by atoms with Crippen molar-refractivity contribution < 1.29 is 9.59 Å². The zero-order chi connectivity index (χ0) is 19.9. The monoisotopic (exact) mass is 377 g/mol. The minimum Gasteiger partial charge on any atom is -0.350 e. The first-order valence-electron chi connectivity index (χ1n) is 9.85. The predicted molar refractivity (Wildman–Crippen MR) is 112 cm³/mol. The first-order chi connectivity index (χ1) is 13.5. The normalized spacial score (nSPS) is 13.6. The van der Waals surface area contributed by atoms with E-state index in [9.17, 15) is 9.59 Å². The molecule has 1 aliphatic rings. The summed E-state index contributed by atoms with van der Waals surface area (Å²) in [5, 5.41) is 5.77. The van der Waals surface area contributed by atoms with E-state index in [1.165, 1.54) is 18.4 Å². The first-order valence-corrected chi connectivity index (χ1v) is 9.85. The maximum absolute atomic E-state index is 12.5. The van der Waals surface area contributed by atoms with Crippen LogP contribution in [-0.4, -0.2) is 23.3 Å². The number of carbonyl (C=O) groups is 2. The molecule has 0 radical (unpaired) electrons. The molecule has 1 aliphatic carbocycles. The lowest BCUT2D eigenvalue weighted by atomic mass is 9.97. The Bertz CT molecular complexity index is 902. The van der Waals surface area contributed by atoms with E-state index in [1.807, 2.05) is 32.0 Å². The molecule has 3 rings (SSSR count). The maximum Gasteiger partial charge on any atom is 0.274 e. The Hall–Kier alpha value is -2.95. The Morgan fingerprint density at radius 2 is 1.82 bits per heavy atom. The average molecular weight is 377 g/mol. The summed E-state index contributed by atoms with van der Waals surface area (Å²) in [5.74, 6) is -0.577. The third-order valence-corrected chi connectivity index (χ3v) is 4.96. The summed E-state index contributed by atoms with van der Waals surface area (Å²) in [4.78, 5) is 29.2. The molecule has 0 unspecified atom stereocenters. The van der Waals surface area contributed by atoms with E-state index in [2.05, 4.69) is 21.7 Å². The first kappa shape index (κ1) is 19.8. The van der Waals surface area contributed by atoms with Crippen molar-refractivity contribution in [3.63, 3.8) is 0 Å². The van der Waals surface area contributed by atoms with Crippen LogP contribution in [0.15, 0.2) is 48.0 Å². The Labute approximate surface area is 166 Å². The Balaban J connectivity index is 1.60. The summed E-state index contributed by atoms with van der Waals surface area (Å²) in [6.07, 6.45) is 7.92.